The lowest BCUT2D eigenvalue weighted by Gasteiger charge is -2.29. The van der Waals surface area contributed by atoms with Crippen molar-refractivity contribution in [2.45, 2.75) is 102 Å². The normalized spacial score (nSPS) is 16.8. The van der Waals surface area contributed by atoms with E-state index < -0.39 is 5.60 Å². The van der Waals surface area contributed by atoms with Crippen molar-refractivity contribution in [3.8, 4) is 11.5 Å². The SMILES string of the molecule is CCCCCCCCCCCC1(O)CCc2ccccc2OCCOCCOc2ccccc2CC1. The molecule has 0 aromatic heterocycles. The minimum atomic E-state index is -0.693. The lowest BCUT2D eigenvalue weighted by molar-refractivity contribution is 0.0118. The van der Waals surface area contributed by atoms with Gasteiger partial charge in [0.2, 0.25) is 0 Å². The minimum Gasteiger partial charge on any atom is -0.491 e. The number of hydrogen-bond donors (Lipinski definition) is 1. The number of hydrogen-bond acceptors (Lipinski definition) is 4. The van der Waals surface area contributed by atoms with Gasteiger partial charge in [-0.25, -0.2) is 0 Å². The molecule has 4 nitrogen and oxygen atoms in total. The van der Waals surface area contributed by atoms with Crippen molar-refractivity contribution >= 4 is 0 Å². The summed E-state index contributed by atoms with van der Waals surface area (Å²) in [6.07, 6.45) is 15.6. The van der Waals surface area contributed by atoms with Gasteiger partial charge in [0, 0.05) is 0 Å². The molecule has 2 aromatic rings. The Labute approximate surface area is 219 Å². The van der Waals surface area contributed by atoms with Crippen LogP contribution >= 0.6 is 0 Å². The molecule has 1 aliphatic heterocycles. The van der Waals surface area contributed by atoms with E-state index >= 15 is 0 Å². The average molecular weight is 497 g/mol. The van der Waals surface area contributed by atoms with E-state index in [9.17, 15) is 5.11 Å². The van der Waals surface area contributed by atoms with Gasteiger partial charge >= 0.3 is 0 Å². The molecule has 0 fully saturated rings. The number of ether oxygens (including phenoxy) is 3. The first-order valence-corrected chi connectivity index (χ1v) is 14.4. The fraction of sp³-hybridized carbons (Fsp3) is 0.625. The molecule has 0 spiro atoms. The third kappa shape index (κ3) is 10.5. The summed E-state index contributed by atoms with van der Waals surface area (Å²) < 4.78 is 17.8. The first-order chi connectivity index (χ1) is 17.7. The highest BCUT2D eigenvalue weighted by Crippen LogP contribution is 2.31. The van der Waals surface area contributed by atoms with Crippen LogP contribution in [-0.2, 0) is 17.6 Å². The molecule has 4 heteroatoms. The third-order valence-electron chi connectivity index (χ3n) is 7.38. The monoisotopic (exact) mass is 496 g/mol. The van der Waals surface area contributed by atoms with Gasteiger partial charge in [-0.2, -0.15) is 0 Å². The van der Waals surface area contributed by atoms with Crippen LogP contribution in [0.15, 0.2) is 48.5 Å². The molecule has 0 amide bonds. The van der Waals surface area contributed by atoms with Crippen molar-refractivity contribution < 1.29 is 19.3 Å². The maximum Gasteiger partial charge on any atom is 0.122 e. The van der Waals surface area contributed by atoms with Crippen LogP contribution in [0.1, 0.15) is 95.1 Å². The van der Waals surface area contributed by atoms with Crippen LogP contribution in [0.4, 0.5) is 0 Å². The molecule has 0 saturated heterocycles. The molecule has 1 heterocycles. The lowest BCUT2D eigenvalue weighted by Crippen LogP contribution is -2.30. The fourth-order valence-electron chi connectivity index (χ4n) is 5.10. The van der Waals surface area contributed by atoms with E-state index in [1.165, 1.54) is 62.5 Å². The summed E-state index contributed by atoms with van der Waals surface area (Å²) in [4.78, 5) is 0. The zero-order valence-electron chi connectivity index (χ0n) is 22.5. The van der Waals surface area contributed by atoms with Crippen molar-refractivity contribution in [3.63, 3.8) is 0 Å². The van der Waals surface area contributed by atoms with Crippen LogP contribution in [-0.4, -0.2) is 37.1 Å². The number of fused-ring (bicyclic) bond motifs is 2. The maximum absolute atomic E-state index is 11.8. The van der Waals surface area contributed by atoms with Gasteiger partial charge in [-0.05, 0) is 55.4 Å². The molecular weight excluding hydrogens is 448 g/mol. The number of unbranched alkanes of at least 4 members (excludes halogenated alkanes) is 8. The predicted octanol–water partition coefficient (Wildman–Crippen LogP) is 7.69. The van der Waals surface area contributed by atoms with Crippen LogP contribution in [0, 0.1) is 0 Å². The van der Waals surface area contributed by atoms with Crippen LogP contribution in [0.3, 0.4) is 0 Å². The highest BCUT2D eigenvalue weighted by Gasteiger charge is 2.27. The van der Waals surface area contributed by atoms with E-state index in [0.717, 1.165) is 50.0 Å². The Morgan fingerprint density at radius 1 is 0.639 bits per heavy atom. The smallest absolute Gasteiger partial charge is 0.122 e. The van der Waals surface area contributed by atoms with E-state index in [4.69, 9.17) is 14.2 Å². The lowest BCUT2D eigenvalue weighted by atomic mass is 9.84. The van der Waals surface area contributed by atoms with Crippen molar-refractivity contribution in [3.05, 3.63) is 59.7 Å². The summed E-state index contributed by atoms with van der Waals surface area (Å²) in [7, 11) is 0. The predicted molar refractivity (Wildman–Crippen MR) is 148 cm³/mol. The summed E-state index contributed by atoms with van der Waals surface area (Å²) in [6.45, 7) is 4.35. The van der Waals surface area contributed by atoms with Gasteiger partial charge in [-0.1, -0.05) is 101 Å². The Balaban J connectivity index is 1.61. The maximum atomic E-state index is 11.8. The zero-order valence-corrected chi connectivity index (χ0v) is 22.5. The number of benzene rings is 2. The molecule has 1 aliphatic rings. The van der Waals surface area contributed by atoms with Crippen molar-refractivity contribution in [2.24, 2.45) is 0 Å². The molecular formula is C32H48O4. The topological polar surface area (TPSA) is 47.9 Å². The average Bonchev–Trinajstić information content (AvgIpc) is 2.90. The van der Waals surface area contributed by atoms with Crippen LogP contribution in [0.2, 0.25) is 0 Å². The minimum absolute atomic E-state index is 0.510. The molecule has 0 bridgehead atoms. The van der Waals surface area contributed by atoms with E-state index in [-0.39, 0.29) is 0 Å². The van der Waals surface area contributed by atoms with Gasteiger partial charge < -0.3 is 19.3 Å². The molecule has 0 saturated carbocycles. The first-order valence-electron chi connectivity index (χ1n) is 14.4. The summed E-state index contributed by atoms with van der Waals surface area (Å²) in [5.74, 6) is 1.81. The number of aryl methyl sites for hydroxylation is 2. The third-order valence-corrected chi connectivity index (χ3v) is 7.38. The molecule has 1 N–H and O–H groups in total. The first kappa shape index (κ1) is 28.5. The second-order valence-corrected chi connectivity index (χ2v) is 10.3. The summed E-state index contributed by atoms with van der Waals surface area (Å²) in [6, 6.07) is 16.4. The molecule has 0 unspecified atom stereocenters. The Morgan fingerprint density at radius 3 is 1.64 bits per heavy atom. The van der Waals surface area contributed by atoms with Gasteiger partial charge in [0.25, 0.3) is 0 Å². The Bertz CT molecular complexity index is 794. The molecule has 200 valence electrons. The molecule has 0 aliphatic carbocycles. The molecule has 3 rings (SSSR count). The molecule has 36 heavy (non-hydrogen) atoms. The second kappa shape index (κ2) is 16.7. The van der Waals surface area contributed by atoms with Gasteiger partial charge in [-0.15, -0.1) is 0 Å². The highest BCUT2D eigenvalue weighted by atomic mass is 16.5. The standard InChI is InChI=1S/C32H48O4/c1-2-3-4-5-6-7-8-9-14-21-32(33)22-19-28-15-10-12-17-30(28)35-26-24-34-25-27-36-31-18-13-11-16-29(31)20-23-32/h10-13,15-18,33H,2-9,14,19-27H2,1H3. The molecule has 0 radical (unpaired) electrons. The summed E-state index contributed by atoms with van der Waals surface area (Å²) in [5, 5.41) is 11.8. The molecule has 2 aromatic carbocycles. The second-order valence-electron chi connectivity index (χ2n) is 10.3. The van der Waals surface area contributed by atoms with Gasteiger partial charge in [0.15, 0.2) is 0 Å². The van der Waals surface area contributed by atoms with Crippen molar-refractivity contribution in [1.29, 1.82) is 0 Å². The van der Waals surface area contributed by atoms with Crippen LogP contribution < -0.4 is 9.47 Å². The summed E-state index contributed by atoms with van der Waals surface area (Å²) in [5.41, 5.74) is 1.64. The quantitative estimate of drug-likeness (QED) is 0.343. The van der Waals surface area contributed by atoms with Gasteiger partial charge in [-0.3, -0.25) is 0 Å². The largest absolute Gasteiger partial charge is 0.491 e. The van der Waals surface area contributed by atoms with Crippen molar-refractivity contribution in [1.82, 2.24) is 0 Å². The molecule has 0 atom stereocenters. The summed E-state index contributed by atoms with van der Waals surface area (Å²) >= 11 is 0. The van der Waals surface area contributed by atoms with Gasteiger partial charge in [0.1, 0.15) is 24.7 Å². The Morgan fingerprint density at radius 2 is 1.11 bits per heavy atom. The number of para-hydroxylation sites is 2. The van der Waals surface area contributed by atoms with Gasteiger partial charge in [0.05, 0.1) is 18.8 Å². The fourth-order valence-corrected chi connectivity index (χ4v) is 5.10. The van der Waals surface area contributed by atoms with Crippen molar-refractivity contribution in [2.75, 3.05) is 26.4 Å². The van der Waals surface area contributed by atoms with Crippen LogP contribution in [0.25, 0.3) is 0 Å². The van der Waals surface area contributed by atoms with E-state index in [2.05, 4.69) is 31.2 Å². The number of rotatable bonds is 10. The Hall–Kier alpha value is -2.04. The zero-order chi connectivity index (χ0) is 25.3. The highest BCUT2D eigenvalue weighted by molar-refractivity contribution is 5.34. The number of aliphatic hydroxyl groups is 1. The van der Waals surface area contributed by atoms with E-state index in [0.29, 0.717) is 26.4 Å². The van der Waals surface area contributed by atoms with E-state index in [1.54, 1.807) is 0 Å². The van der Waals surface area contributed by atoms with E-state index in [1.807, 2.05) is 24.3 Å². The Kier molecular flexibility index (Phi) is 13.2. The van der Waals surface area contributed by atoms with Crippen LogP contribution in [0.5, 0.6) is 11.5 Å².